The zero-order valence-electron chi connectivity index (χ0n) is 11.6. The van der Waals surface area contributed by atoms with Crippen LogP contribution in [0.15, 0.2) is 18.2 Å². The number of benzene rings is 1. The van der Waals surface area contributed by atoms with Crippen LogP contribution in [0.4, 0.5) is 5.82 Å². The van der Waals surface area contributed by atoms with Gasteiger partial charge in [-0.3, -0.25) is 0 Å². The molecule has 1 heterocycles. The molecule has 0 atom stereocenters. The van der Waals surface area contributed by atoms with Crippen LogP contribution in [0, 0.1) is 13.8 Å². The van der Waals surface area contributed by atoms with Crippen LogP contribution in [-0.2, 0) is 6.42 Å². The third kappa shape index (κ3) is 2.31. The molecule has 0 aliphatic rings. The Kier molecular flexibility index (Phi) is 3.53. The molecule has 2 N–H and O–H groups in total. The van der Waals surface area contributed by atoms with Crippen molar-refractivity contribution < 1.29 is 0 Å². The Morgan fingerprint density at radius 3 is 2.50 bits per heavy atom. The number of nitrogens with two attached hydrogens (primary N) is 1. The minimum absolute atomic E-state index is 0.652. The monoisotopic (exact) mass is 243 g/mol. The summed E-state index contributed by atoms with van der Waals surface area (Å²) in [5.74, 6) is 1.03. The molecule has 0 saturated carbocycles. The number of aryl methyl sites for hydroxylation is 2. The Bertz CT molecular complexity index is 573. The van der Waals surface area contributed by atoms with E-state index in [1.54, 1.807) is 0 Å². The van der Waals surface area contributed by atoms with E-state index < -0.39 is 0 Å². The van der Waals surface area contributed by atoms with Gasteiger partial charge in [-0.1, -0.05) is 6.07 Å². The number of aromatic nitrogens is 1. The molecule has 0 radical (unpaired) electrons. The van der Waals surface area contributed by atoms with Gasteiger partial charge < -0.3 is 10.6 Å². The van der Waals surface area contributed by atoms with Crippen LogP contribution in [0.5, 0.6) is 0 Å². The summed E-state index contributed by atoms with van der Waals surface area (Å²) in [4.78, 5) is 6.84. The third-order valence-corrected chi connectivity index (χ3v) is 3.18. The molecular formula is C15H21N3. The highest BCUT2D eigenvalue weighted by molar-refractivity contribution is 5.85. The van der Waals surface area contributed by atoms with Crippen LogP contribution >= 0.6 is 0 Å². The van der Waals surface area contributed by atoms with Crippen LogP contribution in [0.2, 0.25) is 0 Å². The van der Waals surface area contributed by atoms with Gasteiger partial charge in [0.15, 0.2) is 0 Å². The zero-order valence-corrected chi connectivity index (χ0v) is 11.6. The number of fused-ring (bicyclic) bond motifs is 1. The maximum atomic E-state index is 5.69. The molecule has 2 rings (SSSR count). The number of nitrogens with zero attached hydrogens (tertiary/aromatic N) is 2. The first-order chi connectivity index (χ1) is 8.52. The fraction of sp³-hybridized carbons (Fsp3) is 0.400. The maximum Gasteiger partial charge on any atom is 0.132 e. The van der Waals surface area contributed by atoms with Crippen molar-refractivity contribution >= 4 is 16.7 Å². The first kappa shape index (κ1) is 12.8. The van der Waals surface area contributed by atoms with E-state index in [1.165, 1.54) is 22.1 Å². The van der Waals surface area contributed by atoms with E-state index in [2.05, 4.69) is 36.9 Å². The lowest BCUT2D eigenvalue weighted by Gasteiger charge is -2.18. The van der Waals surface area contributed by atoms with Crippen molar-refractivity contribution in [3.8, 4) is 0 Å². The molecule has 0 aliphatic carbocycles. The molecule has 96 valence electrons. The predicted molar refractivity (Wildman–Crippen MR) is 78.3 cm³/mol. The van der Waals surface area contributed by atoms with Gasteiger partial charge in [0.05, 0.1) is 5.52 Å². The van der Waals surface area contributed by atoms with Gasteiger partial charge in [0.2, 0.25) is 0 Å². The fourth-order valence-electron chi connectivity index (χ4n) is 2.39. The predicted octanol–water partition coefficient (Wildman–Crippen LogP) is 2.42. The molecule has 0 aliphatic heterocycles. The zero-order chi connectivity index (χ0) is 13.3. The normalized spacial score (nSPS) is 10.9. The molecule has 0 saturated heterocycles. The molecule has 2 aromatic rings. The van der Waals surface area contributed by atoms with E-state index in [9.17, 15) is 0 Å². The molecule has 1 aromatic heterocycles. The molecule has 0 spiro atoms. The molecule has 0 amide bonds. The topological polar surface area (TPSA) is 42.1 Å². The molecule has 3 nitrogen and oxygen atoms in total. The van der Waals surface area contributed by atoms with Gasteiger partial charge in [0.1, 0.15) is 5.82 Å². The lowest BCUT2D eigenvalue weighted by atomic mass is 10.0. The second-order valence-corrected chi connectivity index (χ2v) is 5.05. The molecule has 18 heavy (non-hydrogen) atoms. The molecule has 0 bridgehead atoms. The summed E-state index contributed by atoms with van der Waals surface area (Å²) in [6.07, 6.45) is 0.865. The van der Waals surface area contributed by atoms with Gasteiger partial charge in [0.25, 0.3) is 0 Å². The first-order valence-corrected chi connectivity index (χ1v) is 6.31. The third-order valence-electron chi connectivity index (χ3n) is 3.18. The summed E-state index contributed by atoms with van der Waals surface area (Å²) in [5, 5.41) is 1.23. The number of anilines is 1. The Morgan fingerprint density at radius 2 is 1.89 bits per heavy atom. The van der Waals surface area contributed by atoms with Crippen LogP contribution in [0.25, 0.3) is 10.9 Å². The maximum absolute atomic E-state index is 5.69. The minimum Gasteiger partial charge on any atom is -0.362 e. The van der Waals surface area contributed by atoms with Crippen LogP contribution in [0.1, 0.15) is 16.7 Å². The number of pyridine rings is 1. The smallest absolute Gasteiger partial charge is 0.132 e. The molecule has 0 fully saturated rings. The van der Waals surface area contributed by atoms with E-state index >= 15 is 0 Å². The van der Waals surface area contributed by atoms with Crippen molar-refractivity contribution in [3.05, 3.63) is 34.9 Å². The van der Waals surface area contributed by atoms with E-state index in [-0.39, 0.29) is 0 Å². The summed E-state index contributed by atoms with van der Waals surface area (Å²) in [7, 11) is 4.05. The number of rotatable bonds is 3. The highest BCUT2D eigenvalue weighted by Gasteiger charge is 2.10. The van der Waals surface area contributed by atoms with Crippen molar-refractivity contribution in [2.24, 2.45) is 5.73 Å². The minimum atomic E-state index is 0.652. The van der Waals surface area contributed by atoms with Crippen LogP contribution < -0.4 is 10.6 Å². The van der Waals surface area contributed by atoms with Crippen LogP contribution in [0.3, 0.4) is 0 Å². The van der Waals surface area contributed by atoms with Crippen molar-refractivity contribution in [1.82, 2.24) is 4.98 Å². The van der Waals surface area contributed by atoms with E-state index in [4.69, 9.17) is 10.7 Å². The fourth-order valence-corrected chi connectivity index (χ4v) is 2.39. The Hall–Kier alpha value is -1.61. The van der Waals surface area contributed by atoms with Crippen molar-refractivity contribution in [3.63, 3.8) is 0 Å². The Balaban J connectivity index is 2.72. The summed E-state index contributed by atoms with van der Waals surface area (Å²) >= 11 is 0. The average molecular weight is 243 g/mol. The van der Waals surface area contributed by atoms with E-state index in [0.29, 0.717) is 6.54 Å². The van der Waals surface area contributed by atoms with E-state index in [1.807, 2.05) is 14.1 Å². The lowest BCUT2D eigenvalue weighted by molar-refractivity contribution is 0.942. The van der Waals surface area contributed by atoms with Gasteiger partial charge in [-0.25, -0.2) is 4.98 Å². The van der Waals surface area contributed by atoms with Gasteiger partial charge in [0, 0.05) is 19.5 Å². The quantitative estimate of drug-likeness (QED) is 0.900. The molecule has 0 unspecified atom stereocenters. The molecule has 1 aromatic carbocycles. The van der Waals surface area contributed by atoms with Crippen molar-refractivity contribution in [2.75, 3.05) is 25.5 Å². The van der Waals surface area contributed by atoms with Crippen molar-refractivity contribution in [2.45, 2.75) is 20.3 Å². The molecular weight excluding hydrogens is 222 g/mol. The Labute approximate surface area is 109 Å². The van der Waals surface area contributed by atoms with Gasteiger partial charge in [-0.15, -0.1) is 0 Å². The summed E-state index contributed by atoms with van der Waals surface area (Å²) in [6, 6.07) is 6.58. The Morgan fingerprint density at radius 1 is 1.17 bits per heavy atom. The summed E-state index contributed by atoms with van der Waals surface area (Å²) in [5.41, 5.74) is 10.5. The largest absolute Gasteiger partial charge is 0.362 e. The van der Waals surface area contributed by atoms with Gasteiger partial charge in [-0.2, -0.15) is 0 Å². The highest BCUT2D eigenvalue weighted by Crippen LogP contribution is 2.26. The van der Waals surface area contributed by atoms with Crippen LogP contribution in [-0.4, -0.2) is 25.6 Å². The number of hydrogen-bond acceptors (Lipinski definition) is 3. The second-order valence-electron chi connectivity index (χ2n) is 5.05. The van der Waals surface area contributed by atoms with Gasteiger partial charge in [-0.05, 0) is 55.6 Å². The standard InChI is InChI=1S/C15H21N3/c1-10-7-11(2)13-9-12(5-6-16)15(18(3)4)17-14(13)8-10/h7-9H,5-6,16H2,1-4H3. The van der Waals surface area contributed by atoms with Crippen molar-refractivity contribution in [1.29, 1.82) is 0 Å². The second kappa shape index (κ2) is 4.94. The number of hydrogen-bond donors (Lipinski definition) is 1. The first-order valence-electron chi connectivity index (χ1n) is 6.31. The molecule has 3 heteroatoms. The van der Waals surface area contributed by atoms with Gasteiger partial charge >= 0.3 is 0 Å². The SMILES string of the molecule is Cc1cc(C)c2cc(CCN)c(N(C)C)nc2c1. The highest BCUT2D eigenvalue weighted by atomic mass is 15.1. The summed E-state index contributed by atoms with van der Waals surface area (Å²) in [6.45, 7) is 4.90. The lowest BCUT2D eigenvalue weighted by Crippen LogP contribution is -2.15. The van der Waals surface area contributed by atoms with E-state index in [0.717, 1.165) is 17.8 Å². The summed E-state index contributed by atoms with van der Waals surface area (Å²) < 4.78 is 0. The average Bonchev–Trinajstić information content (AvgIpc) is 2.29.